The van der Waals surface area contributed by atoms with Gasteiger partial charge in [0.25, 0.3) is 5.91 Å². The van der Waals surface area contributed by atoms with E-state index >= 15 is 0 Å². The number of anilines is 2. The first-order valence-electron chi connectivity index (χ1n) is 6.96. The molecule has 128 valence electrons. The first kappa shape index (κ1) is 18.2. The van der Waals surface area contributed by atoms with E-state index in [1.54, 1.807) is 25.1 Å². The minimum Gasteiger partial charge on any atom is -0.354 e. The number of para-hydroxylation sites is 1. The van der Waals surface area contributed by atoms with E-state index in [1.807, 2.05) is 0 Å². The summed E-state index contributed by atoms with van der Waals surface area (Å²) in [4.78, 5) is 21.0. The van der Waals surface area contributed by atoms with Crippen LogP contribution in [0.4, 0.5) is 11.4 Å². The molecule has 1 aromatic carbocycles. The highest BCUT2D eigenvalue weighted by molar-refractivity contribution is 7.90. The maximum Gasteiger partial charge on any atom is 0.278 e. The average molecular weight is 370 g/mol. The first-order valence-corrected chi connectivity index (χ1v) is 9.23. The first-order chi connectivity index (χ1) is 11.3. The van der Waals surface area contributed by atoms with Crippen LogP contribution in [0, 0.1) is 0 Å². The van der Waals surface area contributed by atoms with Gasteiger partial charge < -0.3 is 5.32 Å². The van der Waals surface area contributed by atoms with Crippen LogP contribution in [0.3, 0.4) is 0 Å². The number of amides is 1. The lowest BCUT2D eigenvalue weighted by atomic mass is 10.2. The van der Waals surface area contributed by atoms with Crippen molar-refractivity contribution in [3.05, 3.63) is 47.2 Å². The van der Waals surface area contributed by atoms with Crippen molar-refractivity contribution in [2.45, 2.75) is 11.8 Å². The number of rotatable bonds is 6. The van der Waals surface area contributed by atoms with E-state index in [2.05, 4.69) is 15.8 Å². The van der Waals surface area contributed by atoms with E-state index in [1.165, 1.54) is 18.3 Å². The van der Waals surface area contributed by atoms with Crippen molar-refractivity contribution in [3.8, 4) is 0 Å². The largest absolute Gasteiger partial charge is 0.354 e. The van der Waals surface area contributed by atoms with E-state index < -0.39 is 15.7 Å². The van der Waals surface area contributed by atoms with Gasteiger partial charge in [-0.2, -0.15) is 0 Å². The normalized spacial score (nSPS) is 11.1. The predicted molar refractivity (Wildman–Crippen MR) is 91.2 cm³/mol. The number of nitrogens with one attached hydrogen (secondary N) is 2. The molecule has 1 heterocycles. The highest BCUT2D eigenvalue weighted by atomic mass is 35.5. The van der Waals surface area contributed by atoms with Crippen LogP contribution in [0.15, 0.2) is 41.4 Å². The Morgan fingerprint density at radius 2 is 2.00 bits per heavy atom. The number of hydroxylamine groups is 1. The molecule has 7 nitrogen and oxygen atoms in total. The van der Waals surface area contributed by atoms with Crippen molar-refractivity contribution in [2.75, 3.05) is 18.2 Å². The summed E-state index contributed by atoms with van der Waals surface area (Å²) in [6.45, 7) is 2.02. The number of nitrogens with zero attached hydrogens (tertiary/aromatic N) is 1. The summed E-state index contributed by atoms with van der Waals surface area (Å²) in [6, 6.07) is 7.79. The fourth-order valence-electron chi connectivity index (χ4n) is 1.95. The Morgan fingerprint density at radius 3 is 2.67 bits per heavy atom. The summed E-state index contributed by atoms with van der Waals surface area (Å²) >= 11 is 5.89. The molecule has 2 N–H and O–H groups in total. The Balaban J connectivity index is 2.44. The molecule has 0 saturated heterocycles. The molecule has 0 atom stereocenters. The van der Waals surface area contributed by atoms with Crippen molar-refractivity contribution in [1.82, 2.24) is 10.5 Å². The van der Waals surface area contributed by atoms with Crippen molar-refractivity contribution in [3.63, 3.8) is 0 Å². The Labute approximate surface area is 144 Å². The van der Waals surface area contributed by atoms with Crippen LogP contribution >= 0.6 is 11.6 Å². The number of benzene rings is 1. The zero-order valence-electron chi connectivity index (χ0n) is 13.0. The number of hydrogen-bond acceptors (Lipinski definition) is 6. The van der Waals surface area contributed by atoms with Gasteiger partial charge in [0, 0.05) is 12.5 Å². The summed E-state index contributed by atoms with van der Waals surface area (Å²) in [5, 5.41) is 3.08. The van der Waals surface area contributed by atoms with Crippen molar-refractivity contribution >= 4 is 38.7 Å². The number of aromatic nitrogens is 1. The number of halogens is 1. The molecule has 0 bridgehead atoms. The minimum atomic E-state index is -3.45. The lowest BCUT2D eigenvalue weighted by Crippen LogP contribution is -2.24. The molecular formula is C15H16ClN3O4S. The highest BCUT2D eigenvalue weighted by Crippen LogP contribution is 2.28. The van der Waals surface area contributed by atoms with Gasteiger partial charge in [0.2, 0.25) is 0 Å². The summed E-state index contributed by atoms with van der Waals surface area (Å²) in [7, 11) is -3.45. The molecule has 1 amide bonds. The second-order valence-corrected chi connectivity index (χ2v) is 7.18. The molecule has 0 spiro atoms. The van der Waals surface area contributed by atoms with E-state index in [0.717, 1.165) is 6.26 Å². The number of carbonyl (C=O) groups is 1. The SMILES string of the molecule is CCONC(=O)c1cnc(Cl)cc1Nc1ccccc1S(C)(=O)=O. The number of sulfone groups is 1. The predicted octanol–water partition coefficient (Wildman–Crippen LogP) is 2.56. The molecule has 0 unspecified atom stereocenters. The maximum absolute atomic E-state index is 12.1. The quantitative estimate of drug-likeness (QED) is 0.600. The van der Waals surface area contributed by atoms with E-state index in [-0.39, 0.29) is 15.6 Å². The molecule has 0 aliphatic carbocycles. The third-order valence-electron chi connectivity index (χ3n) is 2.98. The molecule has 0 saturated carbocycles. The fraction of sp³-hybridized carbons (Fsp3) is 0.200. The zero-order valence-corrected chi connectivity index (χ0v) is 14.6. The summed E-state index contributed by atoms with van der Waals surface area (Å²) < 4.78 is 23.8. The molecule has 24 heavy (non-hydrogen) atoms. The molecule has 2 aromatic rings. The van der Waals surface area contributed by atoms with Gasteiger partial charge >= 0.3 is 0 Å². The second kappa shape index (κ2) is 7.61. The summed E-state index contributed by atoms with van der Waals surface area (Å²) in [6.07, 6.45) is 2.39. The topological polar surface area (TPSA) is 97.4 Å². The van der Waals surface area contributed by atoms with Crippen molar-refractivity contribution < 1.29 is 18.0 Å². The third kappa shape index (κ3) is 4.44. The number of carbonyl (C=O) groups excluding carboxylic acids is 1. The zero-order chi connectivity index (χ0) is 17.7. The minimum absolute atomic E-state index is 0.106. The van der Waals surface area contributed by atoms with Crippen molar-refractivity contribution in [1.29, 1.82) is 0 Å². The standard InChI is InChI=1S/C15H16ClN3O4S/c1-3-23-19-15(20)10-9-17-14(16)8-12(10)18-11-6-4-5-7-13(11)24(2,21)22/h4-9H,3H2,1-2H3,(H,17,18)(H,19,20). The van der Waals surface area contributed by atoms with Gasteiger partial charge in [0.1, 0.15) is 5.15 Å². The van der Waals surface area contributed by atoms with E-state index in [9.17, 15) is 13.2 Å². The van der Waals surface area contributed by atoms with Crippen molar-refractivity contribution in [2.24, 2.45) is 0 Å². The van der Waals surface area contributed by atoms with E-state index in [0.29, 0.717) is 18.0 Å². The molecule has 0 radical (unpaired) electrons. The van der Waals surface area contributed by atoms with Crippen LogP contribution in [-0.4, -0.2) is 32.2 Å². The Kier molecular flexibility index (Phi) is 5.76. The molecule has 2 rings (SSSR count). The highest BCUT2D eigenvalue weighted by Gasteiger charge is 2.17. The van der Waals surface area contributed by atoms with Crippen LogP contribution in [0.25, 0.3) is 0 Å². The molecular weight excluding hydrogens is 354 g/mol. The van der Waals surface area contributed by atoms with E-state index in [4.69, 9.17) is 16.4 Å². The Morgan fingerprint density at radius 1 is 1.29 bits per heavy atom. The van der Waals surface area contributed by atoms with Gasteiger partial charge in [0.15, 0.2) is 9.84 Å². The lowest BCUT2D eigenvalue weighted by Gasteiger charge is -2.14. The van der Waals surface area contributed by atoms with Crippen LogP contribution < -0.4 is 10.8 Å². The average Bonchev–Trinajstić information content (AvgIpc) is 2.52. The molecule has 1 aromatic heterocycles. The van der Waals surface area contributed by atoms with Gasteiger partial charge in [-0.15, -0.1) is 0 Å². The second-order valence-electron chi connectivity index (χ2n) is 4.81. The number of hydrogen-bond donors (Lipinski definition) is 2. The van der Waals surface area contributed by atoms with Crippen LogP contribution in [0.1, 0.15) is 17.3 Å². The summed E-state index contributed by atoms with van der Waals surface area (Å²) in [5.74, 6) is -0.527. The monoisotopic (exact) mass is 369 g/mol. The van der Waals surface area contributed by atoms with Crippen LogP contribution in [0.2, 0.25) is 5.15 Å². The summed E-state index contributed by atoms with van der Waals surface area (Å²) in [5.41, 5.74) is 3.06. The molecule has 0 fully saturated rings. The molecule has 0 aliphatic heterocycles. The van der Waals surface area contributed by atoms with Gasteiger partial charge in [0.05, 0.1) is 28.4 Å². The molecule has 9 heteroatoms. The fourth-order valence-corrected chi connectivity index (χ4v) is 2.95. The van der Waals surface area contributed by atoms with Gasteiger partial charge in [-0.3, -0.25) is 9.63 Å². The lowest BCUT2D eigenvalue weighted by molar-refractivity contribution is 0.0365. The maximum atomic E-state index is 12.1. The molecule has 0 aliphatic rings. The van der Waals surface area contributed by atoms with Gasteiger partial charge in [-0.1, -0.05) is 23.7 Å². The smallest absolute Gasteiger partial charge is 0.278 e. The Bertz CT molecular complexity index is 856. The van der Waals surface area contributed by atoms with Crippen LogP contribution in [-0.2, 0) is 14.7 Å². The Hall–Kier alpha value is -2.16. The van der Waals surface area contributed by atoms with Gasteiger partial charge in [-0.05, 0) is 25.1 Å². The van der Waals surface area contributed by atoms with Crippen LogP contribution in [0.5, 0.6) is 0 Å². The number of pyridine rings is 1. The third-order valence-corrected chi connectivity index (χ3v) is 4.34. The van der Waals surface area contributed by atoms with Gasteiger partial charge in [-0.25, -0.2) is 18.9 Å².